The molecule has 1 aliphatic heterocycles. The summed E-state index contributed by atoms with van der Waals surface area (Å²) in [6, 6.07) is 7.24. The lowest BCUT2D eigenvalue weighted by Crippen LogP contribution is -2.03. The Bertz CT molecular complexity index is 333. The van der Waals surface area contributed by atoms with Crippen molar-refractivity contribution in [2.75, 3.05) is 13.2 Å². The molecule has 0 aliphatic carbocycles. The van der Waals surface area contributed by atoms with Crippen molar-refractivity contribution in [2.24, 2.45) is 4.99 Å². The van der Waals surface area contributed by atoms with Crippen molar-refractivity contribution in [1.82, 2.24) is 0 Å². The van der Waals surface area contributed by atoms with Crippen LogP contribution in [-0.4, -0.2) is 24.2 Å². The van der Waals surface area contributed by atoms with E-state index in [0.29, 0.717) is 18.8 Å². The van der Waals surface area contributed by atoms with E-state index in [4.69, 9.17) is 4.74 Å². The fourth-order valence-electron chi connectivity index (χ4n) is 1.31. The maximum absolute atomic E-state index is 9.46. The lowest BCUT2D eigenvalue weighted by atomic mass is 10.1. The highest BCUT2D eigenvalue weighted by molar-refractivity contribution is 5.80. The molecule has 1 heterocycles. The number of hydrogen-bond acceptors (Lipinski definition) is 3. The van der Waals surface area contributed by atoms with Crippen molar-refractivity contribution in [3.05, 3.63) is 29.8 Å². The Morgan fingerprint density at radius 1 is 1.38 bits per heavy atom. The molecule has 0 saturated carbocycles. The highest BCUT2D eigenvalue weighted by Gasteiger charge is 2.09. The lowest BCUT2D eigenvalue weighted by Gasteiger charge is -2.03. The van der Waals surface area contributed by atoms with Crippen molar-refractivity contribution in [3.8, 4) is 5.75 Å². The summed E-state index contributed by atoms with van der Waals surface area (Å²) in [6.45, 7) is 1.41. The van der Waals surface area contributed by atoms with E-state index in [2.05, 4.69) is 4.99 Å². The number of phenols is 1. The van der Waals surface area contributed by atoms with Gasteiger partial charge in [-0.25, -0.2) is 0 Å². The molecule has 68 valence electrons. The van der Waals surface area contributed by atoms with Gasteiger partial charge in [-0.2, -0.15) is 0 Å². The number of nitrogens with zero attached hydrogens (tertiary/aromatic N) is 1. The van der Waals surface area contributed by atoms with E-state index in [0.717, 1.165) is 18.0 Å². The number of aromatic hydroxyl groups is 1. The predicted molar refractivity (Wildman–Crippen MR) is 50.1 cm³/mol. The van der Waals surface area contributed by atoms with E-state index in [1.807, 2.05) is 12.1 Å². The van der Waals surface area contributed by atoms with Gasteiger partial charge >= 0.3 is 0 Å². The van der Waals surface area contributed by atoms with Gasteiger partial charge in [0.15, 0.2) is 5.90 Å². The van der Waals surface area contributed by atoms with E-state index >= 15 is 0 Å². The summed E-state index contributed by atoms with van der Waals surface area (Å²) in [5.41, 5.74) is 0.864. The van der Waals surface area contributed by atoms with Crippen LogP contribution in [0.3, 0.4) is 0 Å². The predicted octanol–water partition coefficient (Wildman–Crippen LogP) is 1.36. The Morgan fingerprint density at radius 2 is 2.23 bits per heavy atom. The van der Waals surface area contributed by atoms with Gasteiger partial charge in [0.25, 0.3) is 0 Å². The summed E-state index contributed by atoms with van der Waals surface area (Å²) < 4.78 is 5.25. The lowest BCUT2D eigenvalue weighted by molar-refractivity contribution is 0.340. The van der Waals surface area contributed by atoms with Crippen LogP contribution in [0.25, 0.3) is 0 Å². The molecule has 1 aromatic carbocycles. The number of hydrogen-bond donors (Lipinski definition) is 1. The summed E-state index contributed by atoms with van der Waals surface area (Å²) in [5, 5.41) is 9.46. The SMILES string of the molecule is Oc1ccccc1CC1=NCCO1. The molecule has 1 N–H and O–H groups in total. The first kappa shape index (κ1) is 8.10. The number of aliphatic imine (C=N–C) groups is 1. The molecule has 0 bridgehead atoms. The molecule has 0 spiro atoms. The molecule has 3 nitrogen and oxygen atoms in total. The Kier molecular flexibility index (Phi) is 2.17. The zero-order valence-corrected chi connectivity index (χ0v) is 7.23. The smallest absolute Gasteiger partial charge is 0.188 e. The van der Waals surface area contributed by atoms with Crippen molar-refractivity contribution in [1.29, 1.82) is 0 Å². The van der Waals surface area contributed by atoms with Crippen LogP contribution < -0.4 is 0 Å². The van der Waals surface area contributed by atoms with E-state index in [-0.39, 0.29) is 0 Å². The Morgan fingerprint density at radius 3 is 2.92 bits per heavy atom. The molecule has 1 aromatic rings. The molecule has 0 radical (unpaired) electrons. The van der Waals surface area contributed by atoms with Crippen LogP contribution in [0.15, 0.2) is 29.3 Å². The molecule has 13 heavy (non-hydrogen) atoms. The maximum Gasteiger partial charge on any atom is 0.188 e. The minimum atomic E-state index is 0.306. The zero-order valence-electron chi connectivity index (χ0n) is 7.23. The van der Waals surface area contributed by atoms with Gasteiger partial charge in [0, 0.05) is 5.56 Å². The van der Waals surface area contributed by atoms with Crippen LogP contribution in [0, 0.1) is 0 Å². The monoisotopic (exact) mass is 177 g/mol. The van der Waals surface area contributed by atoms with E-state index in [1.54, 1.807) is 12.1 Å². The first-order valence-electron chi connectivity index (χ1n) is 4.29. The largest absolute Gasteiger partial charge is 0.508 e. The second kappa shape index (κ2) is 3.47. The average molecular weight is 177 g/mol. The molecule has 0 unspecified atom stereocenters. The summed E-state index contributed by atoms with van der Waals surface area (Å²) in [4.78, 5) is 4.16. The van der Waals surface area contributed by atoms with Crippen LogP contribution in [0.2, 0.25) is 0 Å². The highest BCUT2D eigenvalue weighted by Crippen LogP contribution is 2.17. The first-order valence-corrected chi connectivity index (χ1v) is 4.29. The molecule has 2 rings (SSSR count). The van der Waals surface area contributed by atoms with Crippen molar-refractivity contribution in [3.63, 3.8) is 0 Å². The Balaban J connectivity index is 2.13. The molecular weight excluding hydrogens is 166 g/mol. The number of ether oxygens (including phenoxy) is 1. The van der Waals surface area contributed by atoms with Crippen molar-refractivity contribution < 1.29 is 9.84 Å². The van der Waals surface area contributed by atoms with Crippen LogP contribution in [0.4, 0.5) is 0 Å². The number of para-hydroxylation sites is 1. The molecule has 1 aliphatic rings. The molecule has 0 atom stereocenters. The minimum Gasteiger partial charge on any atom is -0.508 e. The van der Waals surface area contributed by atoms with Crippen LogP contribution in [0.1, 0.15) is 5.56 Å². The summed E-state index contributed by atoms with van der Waals surface area (Å²) in [6.07, 6.45) is 0.590. The molecule has 0 amide bonds. The van der Waals surface area contributed by atoms with Gasteiger partial charge in [-0.05, 0) is 6.07 Å². The second-order valence-corrected chi connectivity index (χ2v) is 2.93. The van der Waals surface area contributed by atoms with E-state index < -0.39 is 0 Å². The van der Waals surface area contributed by atoms with Gasteiger partial charge in [-0.1, -0.05) is 18.2 Å². The van der Waals surface area contributed by atoms with Crippen LogP contribution >= 0.6 is 0 Å². The standard InChI is InChI=1S/C10H11NO2/c12-9-4-2-1-3-8(9)7-10-11-5-6-13-10/h1-4,12H,5-7H2. The van der Waals surface area contributed by atoms with Crippen LogP contribution in [0.5, 0.6) is 5.75 Å². The van der Waals surface area contributed by atoms with E-state index in [9.17, 15) is 5.11 Å². The molecule has 0 aromatic heterocycles. The zero-order chi connectivity index (χ0) is 9.10. The van der Waals surface area contributed by atoms with Gasteiger partial charge < -0.3 is 9.84 Å². The van der Waals surface area contributed by atoms with Crippen molar-refractivity contribution in [2.45, 2.75) is 6.42 Å². The summed E-state index contributed by atoms with van der Waals surface area (Å²) in [5.74, 6) is 1.03. The van der Waals surface area contributed by atoms with Gasteiger partial charge in [-0.3, -0.25) is 4.99 Å². The molecule has 3 heteroatoms. The van der Waals surface area contributed by atoms with Gasteiger partial charge in [0.2, 0.25) is 0 Å². The Hall–Kier alpha value is -1.51. The number of benzene rings is 1. The summed E-state index contributed by atoms with van der Waals surface area (Å²) >= 11 is 0. The second-order valence-electron chi connectivity index (χ2n) is 2.93. The fraction of sp³-hybridized carbons (Fsp3) is 0.300. The minimum absolute atomic E-state index is 0.306. The van der Waals surface area contributed by atoms with Gasteiger partial charge in [0.05, 0.1) is 13.0 Å². The third-order valence-corrected chi connectivity index (χ3v) is 1.98. The molecule has 0 saturated heterocycles. The van der Waals surface area contributed by atoms with Gasteiger partial charge in [-0.15, -0.1) is 0 Å². The normalized spacial score (nSPS) is 15.2. The topological polar surface area (TPSA) is 41.8 Å². The highest BCUT2D eigenvalue weighted by atomic mass is 16.5. The van der Waals surface area contributed by atoms with E-state index in [1.165, 1.54) is 0 Å². The quantitative estimate of drug-likeness (QED) is 0.741. The molecule has 0 fully saturated rings. The fourth-order valence-corrected chi connectivity index (χ4v) is 1.31. The average Bonchev–Trinajstić information content (AvgIpc) is 2.61. The van der Waals surface area contributed by atoms with Crippen molar-refractivity contribution >= 4 is 5.90 Å². The van der Waals surface area contributed by atoms with Crippen LogP contribution in [-0.2, 0) is 11.2 Å². The number of phenolic OH excluding ortho intramolecular Hbond substituents is 1. The summed E-state index contributed by atoms with van der Waals surface area (Å²) in [7, 11) is 0. The van der Waals surface area contributed by atoms with Gasteiger partial charge in [0.1, 0.15) is 12.4 Å². The third-order valence-electron chi connectivity index (χ3n) is 1.98. The maximum atomic E-state index is 9.46. The number of rotatable bonds is 2. The third kappa shape index (κ3) is 1.80. The molecular formula is C10H11NO2. The Labute approximate surface area is 76.7 Å². The first-order chi connectivity index (χ1) is 6.36.